The molecule has 0 saturated carbocycles. The van der Waals surface area contributed by atoms with E-state index in [1.165, 1.54) is 10.7 Å². The van der Waals surface area contributed by atoms with Crippen LogP contribution in [-0.2, 0) is 4.79 Å². The van der Waals surface area contributed by atoms with Gasteiger partial charge in [-0.25, -0.2) is 8.78 Å². The number of nitrogens with one attached hydrogen (secondary N) is 1. The second-order valence-corrected chi connectivity index (χ2v) is 6.55. The molecule has 2 unspecified atom stereocenters. The number of aryl methyl sites for hydroxylation is 1. The van der Waals surface area contributed by atoms with Crippen molar-refractivity contribution in [1.29, 1.82) is 0 Å². The Balaban J connectivity index is 1.73. The Morgan fingerprint density at radius 1 is 1.11 bits per heavy atom. The molecule has 0 aliphatic heterocycles. The SMILES string of the molecule is Cc1cc(C(F)F)nn1C(C)C(=O)NC(C)c1cccc(-n2cccc2)c1. The average Bonchev–Trinajstić information content (AvgIpc) is 3.31. The molecule has 2 aromatic heterocycles. The smallest absolute Gasteiger partial charge is 0.282 e. The molecule has 1 N–H and O–H groups in total. The van der Waals surface area contributed by atoms with E-state index in [4.69, 9.17) is 0 Å². The molecule has 142 valence electrons. The summed E-state index contributed by atoms with van der Waals surface area (Å²) < 4.78 is 29.0. The Hall–Kier alpha value is -2.96. The normalized spacial score (nSPS) is 13.6. The predicted molar refractivity (Wildman–Crippen MR) is 99.0 cm³/mol. The summed E-state index contributed by atoms with van der Waals surface area (Å²) in [5.74, 6) is -0.277. The van der Waals surface area contributed by atoms with Gasteiger partial charge in [0, 0.05) is 23.8 Å². The van der Waals surface area contributed by atoms with Gasteiger partial charge in [0.1, 0.15) is 11.7 Å². The molecule has 2 atom stereocenters. The Morgan fingerprint density at radius 2 is 1.81 bits per heavy atom. The van der Waals surface area contributed by atoms with E-state index in [0.29, 0.717) is 5.69 Å². The molecule has 0 radical (unpaired) electrons. The Bertz CT molecular complexity index is 918. The van der Waals surface area contributed by atoms with Crippen LogP contribution in [0.1, 0.15) is 49.3 Å². The quantitative estimate of drug-likeness (QED) is 0.699. The number of rotatable bonds is 6. The van der Waals surface area contributed by atoms with Gasteiger partial charge in [0.25, 0.3) is 6.43 Å². The van der Waals surface area contributed by atoms with E-state index in [0.717, 1.165) is 11.3 Å². The fourth-order valence-corrected chi connectivity index (χ4v) is 3.00. The zero-order valence-electron chi connectivity index (χ0n) is 15.4. The number of halogens is 2. The lowest BCUT2D eigenvalue weighted by atomic mass is 10.1. The van der Waals surface area contributed by atoms with Crippen molar-refractivity contribution in [2.24, 2.45) is 0 Å². The van der Waals surface area contributed by atoms with Crippen molar-refractivity contribution < 1.29 is 13.6 Å². The van der Waals surface area contributed by atoms with E-state index in [1.54, 1.807) is 13.8 Å². The van der Waals surface area contributed by atoms with Gasteiger partial charge < -0.3 is 9.88 Å². The molecular weight excluding hydrogens is 350 g/mol. The summed E-state index contributed by atoms with van der Waals surface area (Å²) in [5, 5.41) is 6.80. The van der Waals surface area contributed by atoms with Crippen LogP contribution in [0, 0.1) is 6.92 Å². The number of alkyl halides is 2. The van der Waals surface area contributed by atoms with E-state index in [1.807, 2.05) is 60.3 Å². The minimum absolute atomic E-state index is 0.235. The van der Waals surface area contributed by atoms with Gasteiger partial charge in [-0.15, -0.1) is 0 Å². The molecule has 1 amide bonds. The first-order chi connectivity index (χ1) is 12.9. The molecule has 3 aromatic rings. The van der Waals surface area contributed by atoms with Gasteiger partial charge in [0.05, 0.1) is 6.04 Å². The summed E-state index contributed by atoms with van der Waals surface area (Å²) in [5.41, 5.74) is 2.15. The highest BCUT2D eigenvalue weighted by Gasteiger charge is 2.22. The van der Waals surface area contributed by atoms with Crippen LogP contribution in [0.4, 0.5) is 8.78 Å². The van der Waals surface area contributed by atoms with E-state index in [2.05, 4.69) is 10.4 Å². The predicted octanol–water partition coefficient (Wildman–Crippen LogP) is 4.36. The van der Waals surface area contributed by atoms with Crippen molar-refractivity contribution in [2.45, 2.75) is 39.3 Å². The third-order valence-corrected chi connectivity index (χ3v) is 4.54. The molecule has 0 aliphatic rings. The molecule has 7 heteroatoms. The number of hydrogen-bond donors (Lipinski definition) is 1. The average molecular weight is 372 g/mol. The summed E-state index contributed by atoms with van der Waals surface area (Å²) in [4.78, 5) is 12.6. The van der Waals surface area contributed by atoms with Crippen molar-refractivity contribution >= 4 is 5.91 Å². The van der Waals surface area contributed by atoms with Crippen LogP contribution in [0.25, 0.3) is 5.69 Å². The lowest BCUT2D eigenvalue weighted by Gasteiger charge is -2.20. The van der Waals surface area contributed by atoms with E-state index >= 15 is 0 Å². The standard InChI is InChI=1S/C20H22F2N4O/c1-13-11-18(19(21)22)24-26(13)15(3)20(27)23-14(2)16-7-6-8-17(12-16)25-9-4-5-10-25/h4-12,14-15,19H,1-3H3,(H,23,27). The number of amides is 1. The Kier molecular flexibility index (Phi) is 5.39. The molecule has 3 rings (SSSR count). The van der Waals surface area contributed by atoms with Crippen LogP contribution in [-0.4, -0.2) is 20.3 Å². The zero-order chi connectivity index (χ0) is 19.6. The number of benzene rings is 1. The summed E-state index contributed by atoms with van der Waals surface area (Å²) in [6.45, 7) is 5.19. The van der Waals surface area contributed by atoms with Crippen LogP contribution in [0.15, 0.2) is 54.9 Å². The summed E-state index contributed by atoms with van der Waals surface area (Å²) in [6, 6.07) is 12.1. The molecule has 0 bridgehead atoms. The third-order valence-electron chi connectivity index (χ3n) is 4.54. The van der Waals surface area contributed by atoms with Crippen molar-refractivity contribution in [2.75, 3.05) is 0 Å². The van der Waals surface area contributed by atoms with Crippen LogP contribution in [0.3, 0.4) is 0 Å². The molecule has 2 heterocycles. The fourth-order valence-electron chi connectivity index (χ4n) is 3.00. The van der Waals surface area contributed by atoms with Gasteiger partial charge in [-0.05, 0) is 56.7 Å². The molecule has 0 spiro atoms. The molecule has 0 saturated heterocycles. The first-order valence-corrected chi connectivity index (χ1v) is 8.74. The maximum atomic E-state index is 12.8. The second kappa shape index (κ2) is 7.73. The Labute approximate surface area is 156 Å². The van der Waals surface area contributed by atoms with Crippen molar-refractivity contribution in [1.82, 2.24) is 19.7 Å². The molecule has 0 fully saturated rings. The monoisotopic (exact) mass is 372 g/mol. The number of nitrogens with zero attached hydrogens (tertiary/aromatic N) is 3. The summed E-state index contributed by atoms with van der Waals surface area (Å²) >= 11 is 0. The molecule has 27 heavy (non-hydrogen) atoms. The van der Waals surface area contributed by atoms with Gasteiger partial charge in [-0.1, -0.05) is 12.1 Å². The molecule has 1 aromatic carbocycles. The van der Waals surface area contributed by atoms with Gasteiger partial charge in [-0.3, -0.25) is 9.48 Å². The van der Waals surface area contributed by atoms with E-state index in [-0.39, 0.29) is 17.6 Å². The van der Waals surface area contributed by atoms with Gasteiger partial charge >= 0.3 is 0 Å². The van der Waals surface area contributed by atoms with E-state index < -0.39 is 12.5 Å². The molecule has 0 aliphatic carbocycles. The fraction of sp³-hybridized carbons (Fsp3) is 0.300. The minimum Gasteiger partial charge on any atom is -0.348 e. The number of hydrogen-bond acceptors (Lipinski definition) is 2. The largest absolute Gasteiger partial charge is 0.348 e. The van der Waals surface area contributed by atoms with Crippen molar-refractivity contribution in [3.8, 4) is 5.69 Å². The highest BCUT2D eigenvalue weighted by atomic mass is 19.3. The third kappa shape index (κ3) is 4.07. The molecule has 5 nitrogen and oxygen atoms in total. The van der Waals surface area contributed by atoms with Crippen LogP contribution >= 0.6 is 0 Å². The number of aromatic nitrogens is 3. The first-order valence-electron chi connectivity index (χ1n) is 8.74. The lowest BCUT2D eigenvalue weighted by Crippen LogP contribution is -2.33. The van der Waals surface area contributed by atoms with Crippen molar-refractivity contribution in [3.05, 3.63) is 71.8 Å². The lowest BCUT2D eigenvalue weighted by molar-refractivity contribution is -0.124. The number of carbonyl (C=O) groups is 1. The number of carbonyl (C=O) groups excluding carboxylic acids is 1. The minimum atomic E-state index is -2.66. The topological polar surface area (TPSA) is 51.9 Å². The second-order valence-electron chi connectivity index (χ2n) is 6.55. The summed E-state index contributed by atoms with van der Waals surface area (Å²) in [7, 11) is 0. The maximum Gasteiger partial charge on any atom is 0.282 e. The first kappa shape index (κ1) is 18.8. The molecular formula is C20H22F2N4O. The van der Waals surface area contributed by atoms with Gasteiger partial charge in [0.2, 0.25) is 5.91 Å². The van der Waals surface area contributed by atoms with Crippen LogP contribution in [0.2, 0.25) is 0 Å². The van der Waals surface area contributed by atoms with Crippen molar-refractivity contribution in [3.63, 3.8) is 0 Å². The summed E-state index contributed by atoms with van der Waals surface area (Å²) in [6.07, 6.45) is 1.24. The van der Waals surface area contributed by atoms with Gasteiger partial charge in [-0.2, -0.15) is 5.10 Å². The highest BCUT2D eigenvalue weighted by molar-refractivity contribution is 5.80. The van der Waals surface area contributed by atoms with E-state index in [9.17, 15) is 13.6 Å². The highest BCUT2D eigenvalue weighted by Crippen LogP contribution is 2.22. The van der Waals surface area contributed by atoms with Gasteiger partial charge in [0.15, 0.2) is 0 Å². The maximum absolute atomic E-state index is 12.8. The van der Waals surface area contributed by atoms with Crippen LogP contribution < -0.4 is 5.32 Å². The Morgan fingerprint density at radius 3 is 2.44 bits per heavy atom. The zero-order valence-corrected chi connectivity index (χ0v) is 15.4. The van der Waals surface area contributed by atoms with Crippen LogP contribution in [0.5, 0.6) is 0 Å².